The van der Waals surface area contributed by atoms with Gasteiger partial charge in [-0.2, -0.15) is 0 Å². The molecular weight excluding hydrogens is 350 g/mol. The van der Waals surface area contributed by atoms with Crippen LogP contribution in [0.25, 0.3) is 11.2 Å². The van der Waals surface area contributed by atoms with E-state index in [-0.39, 0.29) is 6.61 Å². The molecule has 1 saturated heterocycles. The van der Waals surface area contributed by atoms with Crippen molar-refractivity contribution in [3.05, 3.63) is 42.5 Å². The third-order valence-corrected chi connectivity index (χ3v) is 4.65. The standard InChI is InChI=1S/C18H21N5O4/c1-26-12-4-2-3-11(5-12)7-19-17-16-18(21-9-20-17)23(10-22-16)15-6-13(25)14(8-24)27-15/h2-5,9-10,13-15,24-25H,6-8H2,1H3,(H,19,20,21)/t13-,14+,15+/m0/s1. The summed E-state index contributed by atoms with van der Waals surface area (Å²) in [5.74, 6) is 1.40. The van der Waals surface area contributed by atoms with E-state index in [2.05, 4.69) is 20.3 Å². The third kappa shape index (κ3) is 3.44. The summed E-state index contributed by atoms with van der Waals surface area (Å²) < 4.78 is 12.7. The van der Waals surface area contributed by atoms with Gasteiger partial charge in [-0.1, -0.05) is 12.1 Å². The minimum atomic E-state index is -0.718. The van der Waals surface area contributed by atoms with Crippen LogP contribution in [0.4, 0.5) is 5.82 Å². The highest BCUT2D eigenvalue weighted by molar-refractivity contribution is 5.82. The van der Waals surface area contributed by atoms with Gasteiger partial charge >= 0.3 is 0 Å². The van der Waals surface area contributed by atoms with Gasteiger partial charge < -0.3 is 25.0 Å². The first-order valence-electron chi connectivity index (χ1n) is 8.68. The van der Waals surface area contributed by atoms with E-state index in [0.29, 0.717) is 29.9 Å². The molecule has 0 aliphatic carbocycles. The van der Waals surface area contributed by atoms with Gasteiger partial charge in [0.15, 0.2) is 17.0 Å². The monoisotopic (exact) mass is 371 g/mol. The lowest BCUT2D eigenvalue weighted by molar-refractivity contribution is -0.0432. The van der Waals surface area contributed by atoms with Crippen LogP contribution in [0.15, 0.2) is 36.9 Å². The summed E-state index contributed by atoms with van der Waals surface area (Å²) in [6.45, 7) is 0.327. The van der Waals surface area contributed by atoms with E-state index in [0.717, 1.165) is 11.3 Å². The number of fused-ring (bicyclic) bond motifs is 1. The number of nitrogens with one attached hydrogen (secondary N) is 1. The zero-order valence-electron chi connectivity index (χ0n) is 14.8. The van der Waals surface area contributed by atoms with Crippen molar-refractivity contribution in [3.63, 3.8) is 0 Å². The maximum absolute atomic E-state index is 9.96. The normalized spacial score (nSPS) is 22.3. The second-order valence-corrected chi connectivity index (χ2v) is 6.37. The Labute approximate surface area is 155 Å². The molecule has 3 atom stereocenters. The summed E-state index contributed by atoms with van der Waals surface area (Å²) in [5.41, 5.74) is 2.27. The summed E-state index contributed by atoms with van der Waals surface area (Å²) in [5, 5.41) is 22.5. The Bertz CT molecular complexity index is 931. The topological polar surface area (TPSA) is 115 Å². The molecule has 0 saturated carbocycles. The zero-order chi connectivity index (χ0) is 18.8. The van der Waals surface area contributed by atoms with Gasteiger partial charge in [-0.05, 0) is 17.7 Å². The van der Waals surface area contributed by atoms with E-state index in [9.17, 15) is 10.2 Å². The number of aliphatic hydroxyl groups excluding tert-OH is 2. The first-order valence-corrected chi connectivity index (χ1v) is 8.68. The van der Waals surface area contributed by atoms with E-state index in [1.54, 1.807) is 18.0 Å². The molecule has 3 N–H and O–H groups in total. The highest BCUT2D eigenvalue weighted by Gasteiger charge is 2.35. The molecule has 142 valence electrons. The lowest BCUT2D eigenvalue weighted by atomic mass is 10.2. The predicted molar refractivity (Wildman–Crippen MR) is 97.3 cm³/mol. The fraction of sp³-hybridized carbons (Fsp3) is 0.389. The number of rotatable bonds is 6. The summed E-state index contributed by atoms with van der Waals surface area (Å²) in [4.78, 5) is 13.0. The number of anilines is 1. The van der Waals surface area contributed by atoms with Crippen molar-refractivity contribution in [2.45, 2.75) is 31.4 Å². The average Bonchev–Trinajstić information content (AvgIpc) is 3.29. The molecule has 27 heavy (non-hydrogen) atoms. The number of aromatic nitrogens is 4. The summed E-state index contributed by atoms with van der Waals surface area (Å²) in [6, 6.07) is 7.77. The lowest BCUT2D eigenvalue weighted by Gasteiger charge is -2.13. The highest BCUT2D eigenvalue weighted by atomic mass is 16.5. The van der Waals surface area contributed by atoms with Gasteiger partial charge in [0.25, 0.3) is 0 Å². The SMILES string of the molecule is COc1cccc(CNc2ncnc3c2ncn3[C@H]2C[C@H](O)[C@@H](CO)O2)c1. The van der Waals surface area contributed by atoms with Crippen molar-refractivity contribution in [1.29, 1.82) is 0 Å². The summed E-state index contributed by atoms with van der Waals surface area (Å²) >= 11 is 0. The fourth-order valence-electron chi connectivity index (χ4n) is 3.21. The Morgan fingerprint density at radius 3 is 3.00 bits per heavy atom. The quantitative estimate of drug-likeness (QED) is 0.590. The molecule has 3 aromatic rings. The van der Waals surface area contributed by atoms with Crippen LogP contribution >= 0.6 is 0 Å². The highest BCUT2D eigenvalue weighted by Crippen LogP contribution is 2.31. The second kappa shape index (κ2) is 7.47. The van der Waals surface area contributed by atoms with Crippen molar-refractivity contribution < 1.29 is 19.7 Å². The van der Waals surface area contributed by atoms with E-state index in [4.69, 9.17) is 9.47 Å². The van der Waals surface area contributed by atoms with Gasteiger partial charge in [0.1, 0.15) is 24.4 Å². The Kier molecular flexibility index (Phi) is 4.88. The summed E-state index contributed by atoms with van der Waals surface area (Å²) in [6.07, 6.45) is 1.71. The largest absolute Gasteiger partial charge is 0.497 e. The van der Waals surface area contributed by atoms with Crippen molar-refractivity contribution in [1.82, 2.24) is 19.5 Å². The Balaban J connectivity index is 1.55. The molecule has 0 unspecified atom stereocenters. The Morgan fingerprint density at radius 2 is 2.22 bits per heavy atom. The Hall–Kier alpha value is -2.75. The molecule has 3 heterocycles. The van der Waals surface area contributed by atoms with Crippen molar-refractivity contribution in [2.24, 2.45) is 0 Å². The molecule has 0 radical (unpaired) electrons. The maximum Gasteiger partial charge on any atom is 0.167 e. The molecule has 1 aliphatic heterocycles. The van der Waals surface area contributed by atoms with E-state index < -0.39 is 18.4 Å². The molecule has 1 aliphatic rings. The van der Waals surface area contributed by atoms with Crippen LogP contribution in [0.1, 0.15) is 18.2 Å². The minimum absolute atomic E-state index is 0.230. The number of imidazole rings is 1. The van der Waals surface area contributed by atoms with Crippen LogP contribution < -0.4 is 10.1 Å². The van der Waals surface area contributed by atoms with E-state index in [1.807, 2.05) is 24.3 Å². The van der Waals surface area contributed by atoms with Gasteiger partial charge in [0, 0.05) is 13.0 Å². The second-order valence-electron chi connectivity index (χ2n) is 6.37. The molecule has 1 aromatic carbocycles. The van der Waals surface area contributed by atoms with Gasteiger partial charge in [0.2, 0.25) is 0 Å². The number of nitrogens with zero attached hydrogens (tertiary/aromatic N) is 4. The molecule has 2 aromatic heterocycles. The smallest absolute Gasteiger partial charge is 0.167 e. The Morgan fingerprint density at radius 1 is 1.33 bits per heavy atom. The lowest BCUT2D eigenvalue weighted by Crippen LogP contribution is -2.24. The van der Waals surface area contributed by atoms with Crippen molar-refractivity contribution in [3.8, 4) is 5.75 Å². The van der Waals surface area contributed by atoms with Crippen molar-refractivity contribution >= 4 is 17.0 Å². The van der Waals surface area contributed by atoms with Crippen LogP contribution in [0, 0.1) is 0 Å². The molecule has 4 rings (SSSR count). The number of methoxy groups -OCH3 is 1. The molecule has 9 heteroatoms. The minimum Gasteiger partial charge on any atom is -0.497 e. The van der Waals surface area contributed by atoms with Gasteiger partial charge in [0.05, 0.1) is 26.1 Å². The van der Waals surface area contributed by atoms with Gasteiger partial charge in [-0.3, -0.25) is 4.57 Å². The molecule has 0 bridgehead atoms. The van der Waals surface area contributed by atoms with Crippen LogP contribution in [-0.2, 0) is 11.3 Å². The third-order valence-electron chi connectivity index (χ3n) is 4.65. The first kappa shape index (κ1) is 17.7. The zero-order valence-corrected chi connectivity index (χ0v) is 14.8. The van der Waals surface area contributed by atoms with Crippen LogP contribution in [-0.4, -0.2) is 55.7 Å². The number of hydrogen-bond acceptors (Lipinski definition) is 8. The fourth-order valence-corrected chi connectivity index (χ4v) is 3.21. The maximum atomic E-state index is 9.96. The average molecular weight is 371 g/mol. The van der Waals surface area contributed by atoms with E-state index in [1.165, 1.54) is 6.33 Å². The first-order chi connectivity index (χ1) is 13.2. The number of hydrogen-bond donors (Lipinski definition) is 3. The molecule has 0 spiro atoms. The molecular formula is C18H21N5O4. The van der Waals surface area contributed by atoms with Gasteiger partial charge in [-0.25, -0.2) is 15.0 Å². The predicted octanol–water partition coefficient (Wildman–Crippen LogP) is 1.09. The van der Waals surface area contributed by atoms with Crippen LogP contribution in [0.2, 0.25) is 0 Å². The summed E-state index contributed by atoms with van der Waals surface area (Å²) in [7, 11) is 1.64. The molecule has 0 amide bonds. The molecule has 1 fully saturated rings. The van der Waals surface area contributed by atoms with E-state index >= 15 is 0 Å². The van der Waals surface area contributed by atoms with Crippen LogP contribution in [0.5, 0.6) is 5.75 Å². The van der Waals surface area contributed by atoms with Crippen molar-refractivity contribution in [2.75, 3.05) is 19.0 Å². The number of benzene rings is 1. The number of ether oxygens (including phenoxy) is 2. The molecule has 9 nitrogen and oxygen atoms in total. The number of aliphatic hydroxyl groups is 2. The van der Waals surface area contributed by atoms with Crippen LogP contribution in [0.3, 0.4) is 0 Å². The van der Waals surface area contributed by atoms with Gasteiger partial charge in [-0.15, -0.1) is 0 Å².